The van der Waals surface area contributed by atoms with Crippen molar-refractivity contribution in [3.63, 3.8) is 0 Å². The van der Waals surface area contributed by atoms with Gasteiger partial charge in [0.05, 0.1) is 16.4 Å². The zero-order valence-corrected chi connectivity index (χ0v) is 15.7. The summed E-state index contributed by atoms with van der Waals surface area (Å²) < 4.78 is 4.64. The Bertz CT molecular complexity index is 682. The molecule has 3 heterocycles. The van der Waals surface area contributed by atoms with Crippen LogP contribution in [0.5, 0.6) is 0 Å². The summed E-state index contributed by atoms with van der Waals surface area (Å²) in [5.41, 5.74) is 2.17. The van der Waals surface area contributed by atoms with Crippen LogP contribution in [0.1, 0.15) is 17.7 Å². The third-order valence-electron chi connectivity index (χ3n) is 4.33. The lowest BCUT2D eigenvalue weighted by Crippen LogP contribution is -2.48. The van der Waals surface area contributed by atoms with Crippen LogP contribution in [0.4, 0.5) is 0 Å². The Balaban J connectivity index is 1.43. The molecule has 2 aromatic heterocycles. The van der Waals surface area contributed by atoms with E-state index in [1.807, 2.05) is 46.8 Å². The van der Waals surface area contributed by atoms with Gasteiger partial charge < -0.3 is 4.90 Å². The van der Waals surface area contributed by atoms with E-state index in [-0.39, 0.29) is 5.91 Å². The molecule has 0 N–H and O–H groups in total. The summed E-state index contributed by atoms with van der Waals surface area (Å²) in [4.78, 5) is 16.7. The number of hydrogen-bond acceptors (Lipinski definition) is 4. The molecule has 0 aliphatic carbocycles. The quantitative estimate of drug-likeness (QED) is 0.769. The molecule has 130 valence electrons. The van der Waals surface area contributed by atoms with Gasteiger partial charge in [-0.1, -0.05) is 0 Å². The Morgan fingerprint density at radius 3 is 2.58 bits per heavy atom. The highest BCUT2D eigenvalue weighted by molar-refractivity contribution is 9.10. The van der Waals surface area contributed by atoms with Gasteiger partial charge in [-0.15, -0.1) is 0 Å². The Kier molecular flexibility index (Phi) is 5.35. The van der Waals surface area contributed by atoms with Crippen LogP contribution in [0.2, 0.25) is 0 Å². The molecule has 1 amide bonds. The number of amides is 1. The highest BCUT2D eigenvalue weighted by Gasteiger charge is 2.21. The van der Waals surface area contributed by atoms with E-state index in [1.54, 1.807) is 0 Å². The molecule has 3 rings (SSSR count). The third-order valence-corrected chi connectivity index (χ3v) is 5.11. The van der Waals surface area contributed by atoms with Crippen LogP contribution in [-0.4, -0.2) is 61.4 Å². The summed E-state index contributed by atoms with van der Waals surface area (Å²) in [7, 11) is 1.93. The number of aryl methyl sites for hydroxylation is 3. The molecule has 1 aliphatic rings. The fraction of sp³-hybridized carbons (Fsp3) is 0.562. The number of piperazine rings is 1. The Morgan fingerprint density at radius 1 is 1.25 bits per heavy atom. The van der Waals surface area contributed by atoms with Gasteiger partial charge in [0, 0.05) is 70.7 Å². The van der Waals surface area contributed by atoms with Crippen LogP contribution in [0.15, 0.2) is 23.1 Å². The molecule has 0 unspecified atom stereocenters. The first kappa shape index (κ1) is 17.2. The van der Waals surface area contributed by atoms with E-state index in [0.29, 0.717) is 13.0 Å². The van der Waals surface area contributed by atoms with Crippen molar-refractivity contribution >= 4 is 21.8 Å². The first-order chi connectivity index (χ1) is 11.5. The van der Waals surface area contributed by atoms with Crippen LogP contribution >= 0.6 is 15.9 Å². The Morgan fingerprint density at radius 2 is 2.00 bits per heavy atom. The van der Waals surface area contributed by atoms with Crippen molar-refractivity contribution in [3.8, 4) is 0 Å². The average molecular weight is 395 g/mol. The number of halogens is 1. The second-order valence-electron chi connectivity index (χ2n) is 6.25. The topological polar surface area (TPSA) is 59.2 Å². The monoisotopic (exact) mass is 394 g/mol. The fourth-order valence-electron chi connectivity index (χ4n) is 2.94. The highest BCUT2D eigenvalue weighted by atomic mass is 79.9. The van der Waals surface area contributed by atoms with Gasteiger partial charge in [0.1, 0.15) is 0 Å². The van der Waals surface area contributed by atoms with E-state index in [2.05, 4.69) is 31.0 Å². The molecule has 1 aliphatic heterocycles. The molecule has 0 bridgehead atoms. The van der Waals surface area contributed by atoms with Gasteiger partial charge in [0.2, 0.25) is 5.91 Å². The van der Waals surface area contributed by atoms with E-state index in [1.165, 1.54) is 5.56 Å². The maximum Gasteiger partial charge on any atom is 0.224 e. The molecule has 1 fully saturated rings. The molecule has 24 heavy (non-hydrogen) atoms. The van der Waals surface area contributed by atoms with Crippen LogP contribution < -0.4 is 0 Å². The van der Waals surface area contributed by atoms with Gasteiger partial charge in [0.25, 0.3) is 0 Å². The molecule has 0 spiro atoms. The maximum absolute atomic E-state index is 12.4. The minimum absolute atomic E-state index is 0.209. The number of carbonyl (C=O) groups is 1. The normalized spacial score (nSPS) is 15.9. The number of hydrogen-bond donors (Lipinski definition) is 0. The van der Waals surface area contributed by atoms with Gasteiger partial charge >= 0.3 is 0 Å². The van der Waals surface area contributed by atoms with E-state index < -0.39 is 0 Å². The second kappa shape index (κ2) is 7.48. The lowest BCUT2D eigenvalue weighted by molar-refractivity contribution is -0.133. The van der Waals surface area contributed by atoms with Crippen molar-refractivity contribution in [1.82, 2.24) is 29.4 Å². The van der Waals surface area contributed by atoms with Crippen molar-refractivity contribution in [2.45, 2.75) is 26.4 Å². The average Bonchev–Trinajstić information content (AvgIpc) is 3.11. The predicted molar refractivity (Wildman–Crippen MR) is 94.3 cm³/mol. The van der Waals surface area contributed by atoms with Crippen molar-refractivity contribution in [1.29, 1.82) is 0 Å². The molecule has 0 saturated carbocycles. The summed E-state index contributed by atoms with van der Waals surface area (Å²) in [6.45, 7) is 6.88. The summed E-state index contributed by atoms with van der Waals surface area (Å²) in [6, 6.07) is 0. The lowest BCUT2D eigenvalue weighted by atomic mass is 10.2. The summed E-state index contributed by atoms with van der Waals surface area (Å²) >= 11 is 3.44. The van der Waals surface area contributed by atoms with Crippen LogP contribution in [-0.2, 0) is 24.9 Å². The van der Waals surface area contributed by atoms with Gasteiger partial charge in [-0.2, -0.15) is 10.2 Å². The Hall–Kier alpha value is -1.67. The van der Waals surface area contributed by atoms with E-state index >= 15 is 0 Å². The minimum atomic E-state index is 0.209. The predicted octanol–water partition coefficient (Wildman–Crippen LogP) is 1.42. The molecule has 8 heteroatoms. The molecule has 7 nitrogen and oxygen atoms in total. The summed E-state index contributed by atoms with van der Waals surface area (Å²) in [5.74, 6) is 0.209. The van der Waals surface area contributed by atoms with Gasteiger partial charge in [-0.25, -0.2) is 0 Å². The number of nitrogens with zero attached hydrogens (tertiary/aromatic N) is 6. The molecule has 0 aromatic carbocycles. The molecular formula is C16H23BrN6O. The van der Waals surface area contributed by atoms with Crippen molar-refractivity contribution < 1.29 is 4.79 Å². The molecular weight excluding hydrogens is 372 g/mol. The number of aromatic nitrogens is 4. The fourth-order valence-corrected chi connectivity index (χ4v) is 3.26. The standard InChI is InChI=1S/C16H23BrN6O/c1-13-15(17)12-23(19-13)4-3-16(24)22-7-5-21(6-8-22)11-14-9-18-20(2)10-14/h9-10,12H,3-8,11H2,1-2H3. The van der Waals surface area contributed by atoms with Crippen molar-refractivity contribution in [2.75, 3.05) is 26.2 Å². The van der Waals surface area contributed by atoms with Gasteiger partial charge in [-0.3, -0.25) is 19.1 Å². The SMILES string of the molecule is Cc1nn(CCC(=O)N2CCN(Cc3cnn(C)c3)CC2)cc1Br. The van der Waals surface area contributed by atoms with Crippen LogP contribution in [0.3, 0.4) is 0 Å². The zero-order chi connectivity index (χ0) is 17.1. The molecule has 0 atom stereocenters. The van der Waals surface area contributed by atoms with Gasteiger partial charge in [0.15, 0.2) is 0 Å². The molecule has 1 saturated heterocycles. The first-order valence-electron chi connectivity index (χ1n) is 8.18. The molecule has 0 radical (unpaired) electrons. The number of rotatable bonds is 5. The zero-order valence-electron chi connectivity index (χ0n) is 14.2. The van der Waals surface area contributed by atoms with E-state index in [9.17, 15) is 4.79 Å². The lowest BCUT2D eigenvalue weighted by Gasteiger charge is -2.34. The van der Waals surface area contributed by atoms with Gasteiger partial charge in [-0.05, 0) is 22.9 Å². The largest absolute Gasteiger partial charge is 0.340 e. The van der Waals surface area contributed by atoms with E-state index in [4.69, 9.17) is 0 Å². The van der Waals surface area contributed by atoms with Crippen molar-refractivity contribution in [2.24, 2.45) is 7.05 Å². The summed E-state index contributed by atoms with van der Waals surface area (Å²) in [5, 5.41) is 8.57. The van der Waals surface area contributed by atoms with Crippen LogP contribution in [0.25, 0.3) is 0 Å². The Labute approximate surface area is 150 Å². The van der Waals surface area contributed by atoms with Crippen LogP contribution in [0, 0.1) is 6.92 Å². The second-order valence-corrected chi connectivity index (χ2v) is 7.11. The third kappa shape index (κ3) is 4.24. The first-order valence-corrected chi connectivity index (χ1v) is 8.98. The molecule has 2 aromatic rings. The summed E-state index contributed by atoms with van der Waals surface area (Å²) in [6.07, 6.45) is 6.37. The maximum atomic E-state index is 12.4. The highest BCUT2D eigenvalue weighted by Crippen LogP contribution is 2.14. The number of carbonyl (C=O) groups excluding carboxylic acids is 1. The van der Waals surface area contributed by atoms with E-state index in [0.717, 1.165) is 42.9 Å². The smallest absolute Gasteiger partial charge is 0.224 e. The minimum Gasteiger partial charge on any atom is -0.340 e. The van der Waals surface area contributed by atoms with Crippen molar-refractivity contribution in [3.05, 3.63) is 34.3 Å².